The van der Waals surface area contributed by atoms with Gasteiger partial charge in [0.25, 0.3) is 0 Å². The van der Waals surface area contributed by atoms with Gasteiger partial charge < -0.3 is 4.74 Å². The summed E-state index contributed by atoms with van der Waals surface area (Å²) >= 11 is 6.17. The molecule has 0 aliphatic carbocycles. The maximum atomic E-state index is 14.5. The van der Waals surface area contributed by atoms with Gasteiger partial charge in [-0.3, -0.25) is 0 Å². The first-order valence-corrected chi connectivity index (χ1v) is 8.53. The summed E-state index contributed by atoms with van der Waals surface area (Å²) in [4.78, 5) is 4.74. The van der Waals surface area contributed by atoms with E-state index in [0.29, 0.717) is 10.6 Å². The van der Waals surface area contributed by atoms with E-state index in [2.05, 4.69) is 0 Å². The van der Waals surface area contributed by atoms with Crippen LogP contribution in [0.15, 0.2) is 72.8 Å². The molecule has 0 aliphatic heterocycles. The lowest BCUT2D eigenvalue weighted by atomic mass is 9.98. The second-order valence-electron chi connectivity index (χ2n) is 5.92. The fourth-order valence-electron chi connectivity index (χ4n) is 3.01. The van der Waals surface area contributed by atoms with Crippen molar-refractivity contribution in [2.75, 3.05) is 7.11 Å². The molecule has 0 radical (unpaired) electrons. The summed E-state index contributed by atoms with van der Waals surface area (Å²) in [5.41, 5.74) is 3.75. The largest absolute Gasteiger partial charge is 0.497 e. The number of fused-ring (bicyclic) bond motifs is 1. The average Bonchev–Trinajstić information content (AvgIpc) is 2.68. The summed E-state index contributed by atoms with van der Waals surface area (Å²) in [7, 11) is 1.63. The van der Waals surface area contributed by atoms with E-state index in [-0.39, 0.29) is 18.2 Å². The fourth-order valence-corrected chi connectivity index (χ4v) is 3.18. The van der Waals surface area contributed by atoms with E-state index in [1.807, 2.05) is 48.5 Å². The summed E-state index contributed by atoms with van der Waals surface area (Å²) in [5.74, 6) is 0.497. The van der Waals surface area contributed by atoms with E-state index < -0.39 is 0 Å². The van der Waals surface area contributed by atoms with Crippen molar-refractivity contribution >= 4 is 34.9 Å². The first-order chi connectivity index (χ1) is 12.7. The molecule has 0 fully saturated rings. The molecule has 1 aromatic heterocycles. The number of hydrogen-bond donors (Lipinski definition) is 0. The number of rotatable bonds is 3. The van der Waals surface area contributed by atoms with Gasteiger partial charge in [0, 0.05) is 21.5 Å². The van der Waals surface area contributed by atoms with E-state index >= 15 is 0 Å². The van der Waals surface area contributed by atoms with Gasteiger partial charge >= 0.3 is 0 Å². The van der Waals surface area contributed by atoms with Crippen LogP contribution in [-0.2, 0) is 0 Å². The molecule has 0 saturated carbocycles. The first kappa shape index (κ1) is 19.2. The molecule has 0 unspecified atom stereocenters. The molecule has 0 saturated heterocycles. The lowest BCUT2D eigenvalue weighted by Gasteiger charge is -2.12. The maximum absolute atomic E-state index is 14.5. The van der Waals surface area contributed by atoms with Crippen LogP contribution in [-0.4, -0.2) is 12.1 Å². The molecular formula is C22H16Cl2FNO. The minimum atomic E-state index is -0.277. The van der Waals surface area contributed by atoms with E-state index in [1.54, 1.807) is 25.3 Å². The highest BCUT2D eigenvalue weighted by molar-refractivity contribution is 6.31. The zero-order chi connectivity index (χ0) is 18.1. The van der Waals surface area contributed by atoms with Crippen molar-refractivity contribution in [2.24, 2.45) is 0 Å². The van der Waals surface area contributed by atoms with Gasteiger partial charge in [0.15, 0.2) is 0 Å². The van der Waals surface area contributed by atoms with Crippen molar-refractivity contribution in [3.63, 3.8) is 0 Å². The highest BCUT2D eigenvalue weighted by Crippen LogP contribution is 2.35. The molecule has 2 nitrogen and oxygen atoms in total. The summed E-state index contributed by atoms with van der Waals surface area (Å²) in [6, 6.07) is 21.7. The molecule has 27 heavy (non-hydrogen) atoms. The molecule has 136 valence electrons. The molecule has 0 amide bonds. The number of pyridine rings is 1. The third kappa shape index (κ3) is 3.75. The predicted octanol–water partition coefficient (Wildman–Crippen LogP) is 6.79. The Labute approximate surface area is 168 Å². The molecule has 0 spiro atoms. The summed E-state index contributed by atoms with van der Waals surface area (Å²) < 4.78 is 19.7. The van der Waals surface area contributed by atoms with E-state index in [9.17, 15) is 4.39 Å². The zero-order valence-corrected chi connectivity index (χ0v) is 16.0. The third-order valence-corrected chi connectivity index (χ3v) is 4.56. The van der Waals surface area contributed by atoms with Crippen LogP contribution in [0.5, 0.6) is 5.75 Å². The van der Waals surface area contributed by atoms with Gasteiger partial charge in [0.1, 0.15) is 11.6 Å². The van der Waals surface area contributed by atoms with Crippen molar-refractivity contribution in [2.45, 2.75) is 0 Å². The van der Waals surface area contributed by atoms with Gasteiger partial charge in [-0.05, 0) is 60.2 Å². The lowest BCUT2D eigenvalue weighted by Crippen LogP contribution is -1.92. The Balaban J connectivity index is 0.00000210. The monoisotopic (exact) mass is 399 g/mol. The Morgan fingerprint density at radius 1 is 0.889 bits per heavy atom. The smallest absolute Gasteiger partial charge is 0.131 e. The second-order valence-corrected chi connectivity index (χ2v) is 6.36. The maximum Gasteiger partial charge on any atom is 0.131 e. The van der Waals surface area contributed by atoms with Crippen LogP contribution in [0.2, 0.25) is 5.02 Å². The molecule has 0 bridgehead atoms. The van der Waals surface area contributed by atoms with Crippen LogP contribution >= 0.6 is 24.0 Å². The number of nitrogens with zero attached hydrogens (tertiary/aromatic N) is 1. The lowest BCUT2D eigenvalue weighted by molar-refractivity contribution is 0.415. The van der Waals surface area contributed by atoms with E-state index in [4.69, 9.17) is 21.3 Å². The van der Waals surface area contributed by atoms with Crippen molar-refractivity contribution in [3.05, 3.63) is 83.6 Å². The van der Waals surface area contributed by atoms with Crippen molar-refractivity contribution in [1.82, 2.24) is 4.98 Å². The highest BCUT2D eigenvalue weighted by Gasteiger charge is 2.13. The molecule has 0 aliphatic rings. The van der Waals surface area contributed by atoms with Gasteiger partial charge in [-0.1, -0.05) is 29.8 Å². The molecule has 4 rings (SSSR count). The van der Waals surface area contributed by atoms with Crippen LogP contribution in [0, 0.1) is 5.82 Å². The first-order valence-electron chi connectivity index (χ1n) is 8.15. The van der Waals surface area contributed by atoms with Crippen LogP contribution in [0.3, 0.4) is 0 Å². The standard InChI is InChI=1S/C22H15ClFNO.ClH/c1-26-16-9-6-14(7-10-16)22-13-18(17-4-2-3-5-20(17)24)19-12-15(23)8-11-21(19)25-22;/h2-13H,1H3;1H. The molecule has 1 heterocycles. The van der Waals surface area contributed by atoms with Crippen LogP contribution < -0.4 is 4.74 Å². The third-order valence-electron chi connectivity index (χ3n) is 4.32. The highest BCUT2D eigenvalue weighted by atomic mass is 35.5. The number of ether oxygens (including phenoxy) is 1. The van der Waals surface area contributed by atoms with Crippen LogP contribution in [0.25, 0.3) is 33.3 Å². The SMILES string of the molecule is COc1ccc(-c2cc(-c3ccccc3F)c3cc(Cl)ccc3n2)cc1.Cl. The number of halogens is 3. The normalized spacial score (nSPS) is 10.5. The molecule has 0 N–H and O–H groups in total. The predicted molar refractivity (Wildman–Crippen MR) is 111 cm³/mol. The van der Waals surface area contributed by atoms with Gasteiger partial charge in [0.2, 0.25) is 0 Å². The topological polar surface area (TPSA) is 22.1 Å². The molecule has 4 aromatic rings. The summed E-state index contributed by atoms with van der Waals surface area (Å²) in [6.45, 7) is 0. The molecule has 3 aromatic carbocycles. The Morgan fingerprint density at radius 3 is 2.33 bits per heavy atom. The second kappa shape index (κ2) is 7.95. The van der Waals surface area contributed by atoms with E-state index in [0.717, 1.165) is 33.5 Å². The minimum Gasteiger partial charge on any atom is -0.497 e. The minimum absolute atomic E-state index is 0. The van der Waals surface area contributed by atoms with Crippen LogP contribution in [0.4, 0.5) is 4.39 Å². The van der Waals surface area contributed by atoms with Gasteiger partial charge in [0.05, 0.1) is 18.3 Å². The zero-order valence-electron chi connectivity index (χ0n) is 14.4. The summed E-state index contributed by atoms with van der Waals surface area (Å²) in [5, 5.41) is 1.41. The Bertz CT molecular complexity index is 1100. The van der Waals surface area contributed by atoms with Crippen molar-refractivity contribution < 1.29 is 9.13 Å². The van der Waals surface area contributed by atoms with Crippen molar-refractivity contribution in [1.29, 1.82) is 0 Å². The number of benzene rings is 3. The van der Waals surface area contributed by atoms with Gasteiger partial charge in [-0.2, -0.15) is 0 Å². The number of hydrogen-bond acceptors (Lipinski definition) is 2. The molecular weight excluding hydrogens is 384 g/mol. The van der Waals surface area contributed by atoms with Crippen LogP contribution in [0.1, 0.15) is 0 Å². The Morgan fingerprint density at radius 2 is 1.63 bits per heavy atom. The van der Waals surface area contributed by atoms with Crippen molar-refractivity contribution in [3.8, 4) is 28.1 Å². The quantitative estimate of drug-likeness (QED) is 0.378. The molecule has 0 atom stereocenters. The van der Waals surface area contributed by atoms with Gasteiger partial charge in [-0.25, -0.2) is 9.37 Å². The summed E-state index contributed by atoms with van der Waals surface area (Å²) in [6.07, 6.45) is 0. The fraction of sp³-hybridized carbons (Fsp3) is 0.0455. The van der Waals surface area contributed by atoms with E-state index in [1.165, 1.54) is 6.07 Å². The Hall–Kier alpha value is -2.62. The molecule has 5 heteroatoms. The number of aromatic nitrogens is 1. The average molecular weight is 400 g/mol. The van der Waals surface area contributed by atoms with Gasteiger partial charge in [-0.15, -0.1) is 12.4 Å². The Kier molecular flexibility index (Phi) is 5.64. The number of methoxy groups -OCH3 is 1.